The van der Waals surface area contributed by atoms with Gasteiger partial charge in [0.15, 0.2) is 0 Å². The van der Waals surface area contributed by atoms with Crippen LogP contribution in [0.4, 0.5) is 17.1 Å². The number of hydrogen-bond donors (Lipinski definition) is 0. The number of nitrogens with zero attached hydrogens (tertiary/aromatic N) is 3. The molecule has 2 aromatic heterocycles. The molecule has 0 aliphatic rings. The van der Waals surface area contributed by atoms with Crippen LogP contribution in [0.5, 0.6) is 0 Å². The van der Waals surface area contributed by atoms with Gasteiger partial charge < -0.3 is 4.90 Å². The van der Waals surface area contributed by atoms with Crippen molar-refractivity contribution >= 4 is 33.4 Å². The highest BCUT2D eigenvalue weighted by molar-refractivity contribution is 6.09. The number of aromatic nitrogens is 2. The summed E-state index contributed by atoms with van der Waals surface area (Å²) in [6, 6.07) is 79.8. The molecule has 0 aliphatic carbocycles. The molecule has 10 rings (SSSR count). The first-order valence-electron chi connectivity index (χ1n) is 19.1. The van der Waals surface area contributed by atoms with Gasteiger partial charge in [0.1, 0.15) is 5.69 Å². The second kappa shape index (κ2) is 14.4. The van der Waals surface area contributed by atoms with E-state index in [1.807, 2.05) is 0 Å². The van der Waals surface area contributed by atoms with Gasteiger partial charge in [-0.05, 0) is 81.7 Å². The van der Waals surface area contributed by atoms with Crippen LogP contribution in [0.3, 0.4) is 0 Å². The van der Waals surface area contributed by atoms with Crippen LogP contribution in [0, 0.1) is 0 Å². The summed E-state index contributed by atoms with van der Waals surface area (Å²) in [6.45, 7) is 0. The van der Waals surface area contributed by atoms with Gasteiger partial charge in [-0.3, -0.25) is 0 Å². The van der Waals surface area contributed by atoms with Crippen molar-refractivity contribution in [1.82, 2.24) is 9.61 Å². The zero-order valence-electron chi connectivity index (χ0n) is 30.7. The Hall–Kier alpha value is -7.49. The lowest BCUT2D eigenvalue weighted by molar-refractivity contribution is 0.979. The van der Waals surface area contributed by atoms with Gasteiger partial charge in [0.2, 0.25) is 0 Å². The fraction of sp³-hybridized carbons (Fsp3) is 0. The maximum atomic E-state index is 5.36. The minimum Gasteiger partial charge on any atom is -0.311 e. The molecule has 0 aliphatic heterocycles. The second-order valence-corrected chi connectivity index (χ2v) is 14.0. The van der Waals surface area contributed by atoms with Gasteiger partial charge in [-0.15, -0.1) is 0 Å². The molecule has 10 aromatic rings. The van der Waals surface area contributed by atoms with Crippen LogP contribution in [0.15, 0.2) is 224 Å². The van der Waals surface area contributed by atoms with Crippen molar-refractivity contribution in [2.24, 2.45) is 0 Å². The van der Waals surface area contributed by atoms with Crippen molar-refractivity contribution in [2.75, 3.05) is 4.90 Å². The van der Waals surface area contributed by atoms with E-state index in [2.05, 4.69) is 234 Å². The van der Waals surface area contributed by atoms with Crippen molar-refractivity contribution in [3.05, 3.63) is 224 Å². The summed E-state index contributed by atoms with van der Waals surface area (Å²) in [5, 5.41) is 7.70. The highest BCUT2D eigenvalue weighted by atomic mass is 15.2. The predicted octanol–water partition coefficient (Wildman–Crippen LogP) is 14.3. The Morgan fingerprint density at radius 1 is 0.339 bits per heavy atom. The molecule has 264 valence electrons. The average molecular weight is 716 g/mol. The number of rotatable bonds is 8. The first-order valence-corrected chi connectivity index (χ1v) is 19.1. The molecule has 2 heterocycles. The lowest BCUT2D eigenvalue weighted by atomic mass is 9.94. The number of hydrogen-bond acceptors (Lipinski definition) is 2. The zero-order chi connectivity index (χ0) is 37.3. The smallest absolute Gasteiger partial charge is 0.101 e. The molecule has 56 heavy (non-hydrogen) atoms. The highest BCUT2D eigenvalue weighted by Crippen LogP contribution is 2.42. The summed E-state index contributed by atoms with van der Waals surface area (Å²) in [7, 11) is 0. The molecule has 3 nitrogen and oxygen atoms in total. The van der Waals surface area contributed by atoms with Gasteiger partial charge >= 0.3 is 0 Å². The molecule has 0 unspecified atom stereocenters. The Morgan fingerprint density at radius 2 is 0.768 bits per heavy atom. The maximum Gasteiger partial charge on any atom is 0.101 e. The molecule has 8 aromatic carbocycles. The molecule has 0 bridgehead atoms. The van der Waals surface area contributed by atoms with Crippen molar-refractivity contribution < 1.29 is 0 Å². The Kier molecular flexibility index (Phi) is 8.51. The Balaban J connectivity index is 1.05. The third-order valence-corrected chi connectivity index (χ3v) is 10.6. The summed E-state index contributed by atoms with van der Waals surface area (Å²) in [5.74, 6) is 0. The van der Waals surface area contributed by atoms with Gasteiger partial charge in [-0.1, -0.05) is 176 Å². The third-order valence-electron chi connectivity index (χ3n) is 10.6. The first-order chi connectivity index (χ1) is 27.8. The normalized spacial score (nSPS) is 11.2. The maximum absolute atomic E-state index is 5.36. The van der Waals surface area contributed by atoms with Crippen LogP contribution >= 0.6 is 0 Å². The van der Waals surface area contributed by atoms with Crippen LogP contribution < -0.4 is 4.90 Å². The zero-order valence-corrected chi connectivity index (χ0v) is 30.7. The number of fused-ring (bicyclic) bond motifs is 3. The minimum atomic E-state index is 0.974. The fourth-order valence-corrected chi connectivity index (χ4v) is 7.88. The third kappa shape index (κ3) is 6.12. The van der Waals surface area contributed by atoms with Crippen LogP contribution in [-0.2, 0) is 0 Å². The molecular weight excluding hydrogens is 679 g/mol. The van der Waals surface area contributed by atoms with Crippen molar-refractivity contribution in [1.29, 1.82) is 0 Å². The van der Waals surface area contributed by atoms with Gasteiger partial charge in [-0.2, -0.15) is 5.10 Å². The number of pyridine rings is 1. The van der Waals surface area contributed by atoms with Crippen molar-refractivity contribution in [3.8, 4) is 55.9 Å². The minimum absolute atomic E-state index is 0.974. The molecule has 3 heteroatoms. The molecule has 0 saturated carbocycles. The van der Waals surface area contributed by atoms with Gasteiger partial charge in [0, 0.05) is 39.1 Å². The Morgan fingerprint density at radius 3 is 1.32 bits per heavy atom. The van der Waals surface area contributed by atoms with Crippen molar-refractivity contribution in [3.63, 3.8) is 0 Å². The number of benzene rings is 8. The van der Waals surface area contributed by atoms with Crippen LogP contribution in [-0.4, -0.2) is 9.61 Å². The fourth-order valence-electron chi connectivity index (χ4n) is 7.88. The monoisotopic (exact) mass is 715 g/mol. The summed E-state index contributed by atoms with van der Waals surface area (Å²) < 4.78 is 2.15. The summed E-state index contributed by atoms with van der Waals surface area (Å²) in [6.07, 6.45) is 0. The summed E-state index contributed by atoms with van der Waals surface area (Å²) in [5.41, 5.74) is 15.7. The number of para-hydroxylation sites is 2. The second-order valence-electron chi connectivity index (χ2n) is 14.0. The van der Waals surface area contributed by atoms with Crippen LogP contribution in [0.1, 0.15) is 0 Å². The van der Waals surface area contributed by atoms with Crippen molar-refractivity contribution in [2.45, 2.75) is 0 Å². The van der Waals surface area contributed by atoms with E-state index in [0.29, 0.717) is 0 Å². The van der Waals surface area contributed by atoms with Gasteiger partial charge in [-0.25, -0.2) is 4.52 Å². The van der Waals surface area contributed by atoms with E-state index in [9.17, 15) is 0 Å². The number of anilines is 3. The lowest BCUT2D eigenvalue weighted by Gasteiger charge is -2.25. The van der Waals surface area contributed by atoms with E-state index in [1.165, 1.54) is 33.0 Å². The Bertz CT molecular complexity index is 2860. The molecule has 0 amide bonds. The van der Waals surface area contributed by atoms with E-state index in [-0.39, 0.29) is 0 Å². The summed E-state index contributed by atoms with van der Waals surface area (Å²) >= 11 is 0. The van der Waals surface area contributed by atoms with Gasteiger partial charge in [0.05, 0.1) is 11.2 Å². The molecular formula is C53H37N3. The van der Waals surface area contributed by atoms with Crippen LogP contribution in [0.25, 0.3) is 72.2 Å². The topological polar surface area (TPSA) is 20.5 Å². The largest absolute Gasteiger partial charge is 0.311 e. The highest BCUT2D eigenvalue weighted by Gasteiger charge is 2.22. The Labute approximate surface area is 327 Å². The van der Waals surface area contributed by atoms with E-state index < -0.39 is 0 Å². The lowest BCUT2D eigenvalue weighted by Crippen LogP contribution is -2.09. The van der Waals surface area contributed by atoms with E-state index >= 15 is 0 Å². The van der Waals surface area contributed by atoms with Gasteiger partial charge in [0.25, 0.3) is 0 Å². The SMILES string of the molecule is c1ccc(-c2nn3c(-c4ccccc4)cc4cc(-c5ccc(-c6ccc(N(c7ccccc7)c7ccccc7)cc6)cc5)ccc4c3c2-c2ccccc2)cc1. The molecule has 0 atom stereocenters. The molecule has 0 spiro atoms. The van der Waals surface area contributed by atoms with E-state index in [0.717, 1.165) is 56.2 Å². The standard InChI is InChI=1S/C53H37N3/c1-6-16-41(17-7-1)50-37-45-36-44(32-35-49(45)53-51(42-18-8-2-9-19-42)52(54-56(50)53)43-20-10-3-11-21-43)40-28-26-38(27-29-40)39-30-33-48(34-31-39)55(46-22-12-4-13-23-46)47-24-14-5-15-25-47/h1-37H. The quantitative estimate of drug-likeness (QED) is 0.156. The first kappa shape index (κ1) is 33.1. The average Bonchev–Trinajstić information content (AvgIpc) is 3.69. The van der Waals surface area contributed by atoms with E-state index in [1.54, 1.807) is 0 Å². The molecule has 0 fully saturated rings. The predicted molar refractivity (Wildman–Crippen MR) is 235 cm³/mol. The molecule has 0 N–H and O–H groups in total. The van der Waals surface area contributed by atoms with Crippen LogP contribution in [0.2, 0.25) is 0 Å². The molecule has 0 saturated heterocycles. The van der Waals surface area contributed by atoms with E-state index in [4.69, 9.17) is 5.10 Å². The summed E-state index contributed by atoms with van der Waals surface area (Å²) in [4.78, 5) is 2.29. The molecule has 0 radical (unpaired) electrons.